The summed E-state index contributed by atoms with van der Waals surface area (Å²) < 4.78 is 10.4. The lowest BCUT2D eigenvalue weighted by atomic mass is 9.84. The minimum Gasteiger partial charge on any atom is -0.496 e. The third-order valence-corrected chi connectivity index (χ3v) is 5.14. The number of hydrogen-bond acceptors (Lipinski definition) is 7. The molecule has 8 heteroatoms. The highest BCUT2D eigenvalue weighted by atomic mass is 16.5. The smallest absolute Gasteiger partial charge is 0.339 e. The van der Waals surface area contributed by atoms with Gasteiger partial charge in [0.1, 0.15) is 23.3 Å². The lowest BCUT2D eigenvalue weighted by Gasteiger charge is -2.28. The fourth-order valence-corrected chi connectivity index (χ4v) is 3.65. The van der Waals surface area contributed by atoms with Crippen LogP contribution >= 0.6 is 0 Å². The fourth-order valence-electron chi connectivity index (χ4n) is 3.65. The Morgan fingerprint density at radius 3 is 2.42 bits per heavy atom. The second-order valence-electron chi connectivity index (χ2n) is 7.39. The first-order chi connectivity index (χ1) is 14.8. The van der Waals surface area contributed by atoms with Crippen LogP contribution in [-0.2, 0) is 19.1 Å². The normalized spacial score (nSPS) is 18.4. The summed E-state index contributed by atoms with van der Waals surface area (Å²) in [6, 6.07) is 8.95. The molecule has 1 fully saturated rings. The van der Waals surface area contributed by atoms with Gasteiger partial charge >= 0.3 is 5.97 Å². The van der Waals surface area contributed by atoms with Gasteiger partial charge < -0.3 is 9.47 Å². The molecule has 3 rings (SSSR count). The molecule has 0 spiro atoms. The summed E-state index contributed by atoms with van der Waals surface area (Å²) in [6.07, 6.45) is 1.28. The summed E-state index contributed by atoms with van der Waals surface area (Å²) in [5.41, 5.74) is 0.742. The van der Waals surface area contributed by atoms with E-state index in [4.69, 9.17) is 9.47 Å². The van der Waals surface area contributed by atoms with E-state index in [2.05, 4.69) is 4.98 Å². The predicted octanol–water partition coefficient (Wildman–Crippen LogP) is 2.77. The number of para-hydroxylation sites is 1. The summed E-state index contributed by atoms with van der Waals surface area (Å²) in [4.78, 5) is 56.2. The van der Waals surface area contributed by atoms with Crippen molar-refractivity contribution in [1.82, 2.24) is 4.98 Å². The van der Waals surface area contributed by atoms with Gasteiger partial charge in [-0.05, 0) is 25.1 Å². The van der Waals surface area contributed by atoms with Gasteiger partial charge in [-0.1, -0.05) is 32.0 Å². The maximum absolute atomic E-state index is 13.0. The number of anilines is 1. The molecule has 1 aliphatic heterocycles. The molecule has 1 aliphatic rings. The molecule has 8 nitrogen and oxygen atoms in total. The Balaban J connectivity index is 2.12. The maximum Gasteiger partial charge on any atom is 0.339 e. The van der Waals surface area contributed by atoms with Gasteiger partial charge in [0.15, 0.2) is 0 Å². The van der Waals surface area contributed by atoms with E-state index in [-0.39, 0.29) is 23.8 Å². The number of ketones is 2. The number of Topliss-reactive ketones (excluding diaryl/α,β-unsaturated/α-hetero) is 2. The van der Waals surface area contributed by atoms with Crippen molar-refractivity contribution in [3.63, 3.8) is 0 Å². The molecule has 0 saturated carbocycles. The van der Waals surface area contributed by atoms with Crippen LogP contribution in [0.5, 0.6) is 5.75 Å². The maximum atomic E-state index is 13.0. The number of pyridine rings is 1. The van der Waals surface area contributed by atoms with Crippen molar-refractivity contribution in [2.24, 2.45) is 11.8 Å². The molecule has 1 aromatic heterocycles. The molecule has 2 heterocycles. The summed E-state index contributed by atoms with van der Waals surface area (Å²) in [6.45, 7) is 5.29. The Morgan fingerprint density at radius 2 is 1.84 bits per heavy atom. The quantitative estimate of drug-likeness (QED) is 0.382. The number of esters is 1. The Labute approximate surface area is 180 Å². The topological polar surface area (TPSA) is 103 Å². The number of benzene rings is 1. The van der Waals surface area contributed by atoms with Crippen LogP contribution < -0.4 is 9.64 Å². The highest BCUT2D eigenvalue weighted by Gasteiger charge is 2.53. The van der Waals surface area contributed by atoms with Gasteiger partial charge in [-0.15, -0.1) is 0 Å². The van der Waals surface area contributed by atoms with Crippen molar-refractivity contribution in [2.75, 3.05) is 18.6 Å². The second kappa shape index (κ2) is 9.07. The molecule has 1 saturated heterocycles. The summed E-state index contributed by atoms with van der Waals surface area (Å²) in [5, 5.41) is 0. The van der Waals surface area contributed by atoms with E-state index >= 15 is 0 Å². The molecule has 0 bridgehead atoms. The average molecular weight is 424 g/mol. The highest BCUT2D eigenvalue weighted by molar-refractivity contribution is 6.48. The third kappa shape index (κ3) is 4.05. The van der Waals surface area contributed by atoms with E-state index in [1.807, 2.05) is 0 Å². The minimum absolute atomic E-state index is 0.154. The van der Waals surface area contributed by atoms with E-state index in [1.54, 1.807) is 45.0 Å². The van der Waals surface area contributed by atoms with Crippen molar-refractivity contribution < 1.29 is 28.7 Å². The Bertz CT molecular complexity index is 1010. The van der Waals surface area contributed by atoms with E-state index in [1.165, 1.54) is 30.3 Å². The number of rotatable bonds is 7. The average Bonchev–Trinajstić information content (AvgIpc) is 3.03. The van der Waals surface area contributed by atoms with Crippen LogP contribution in [0.3, 0.4) is 0 Å². The number of amides is 1. The fraction of sp³-hybridized carbons (Fsp3) is 0.348. The molecule has 2 unspecified atom stereocenters. The first-order valence-electron chi connectivity index (χ1n) is 9.99. The number of aromatic nitrogens is 1. The zero-order valence-electron chi connectivity index (χ0n) is 17.8. The largest absolute Gasteiger partial charge is 0.496 e. The van der Waals surface area contributed by atoms with Crippen LogP contribution in [0.15, 0.2) is 42.6 Å². The lowest BCUT2D eigenvalue weighted by molar-refractivity contribution is -0.139. The first kappa shape index (κ1) is 22.1. The molecule has 0 radical (unpaired) electrons. The number of carbonyl (C=O) groups is 4. The van der Waals surface area contributed by atoms with E-state index < -0.39 is 35.5 Å². The molecular formula is C23H24N2O6. The van der Waals surface area contributed by atoms with Crippen LogP contribution in [0.4, 0.5) is 5.82 Å². The van der Waals surface area contributed by atoms with Crippen molar-refractivity contribution in [1.29, 1.82) is 0 Å². The predicted molar refractivity (Wildman–Crippen MR) is 112 cm³/mol. The zero-order valence-corrected chi connectivity index (χ0v) is 17.8. The minimum atomic E-state index is -1.18. The molecule has 1 amide bonds. The Morgan fingerprint density at radius 1 is 1.13 bits per heavy atom. The highest BCUT2D eigenvalue weighted by Crippen LogP contribution is 2.43. The number of methoxy groups -OCH3 is 1. The first-order valence-corrected chi connectivity index (χ1v) is 9.99. The number of hydrogen-bond donors (Lipinski definition) is 0. The van der Waals surface area contributed by atoms with Crippen molar-refractivity contribution >= 4 is 29.3 Å². The standard InChI is InChI=1S/C23H24N2O6/c1-5-31-23(29)14-10-11-17(24-12-14)25-19(15-8-6-7-9-16(15)30-4)18(20(26)13(2)3)21(27)22(25)28/h6-13,18-19H,5H2,1-4H3. The second-order valence-corrected chi connectivity index (χ2v) is 7.39. The van der Waals surface area contributed by atoms with E-state index in [0.717, 1.165) is 0 Å². The zero-order chi connectivity index (χ0) is 22.7. The van der Waals surface area contributed by atoms with E-state index in [0.29, 0.717) is 11.3 Å². The monoisotopic (exact) mass is 424 g/mol. The molecule has 0 N–H and O–H groups in total. The van der Waals surface area contributed by atoms with Gasteiger partial charge in [0.2, 0.25) is 5.78 Å². The van der Waals surface area contributed by atoms with Gasteiger partial charge in [-0.25, -0.2) is 9.78 Å². The lowest BCUT2D eigenvalue weighted by Crippen LogP contribution is -2.32. The van der Waals surface area contributed by atoms with Gasteiger partial charge in [0, 0.05) is 17.7 Å². The Kier molecular flexibility index (Phi) is 6.48. The number of ether oxygens (including phenoxy) is 2. The molecule has 31 heavy (non-hydrogen) atoms. The van der Waals surface area contributed by atoms with Crippen molar-refractivity contribution in [2.45, 2.75) is 26.8 Å². The number of nitrogens with zero attached hydrogens (tertiary/aromatic N) is 2. The molecule has 2 atom stereocenters. The van der Waals surface area contributed by atoms with Gasteiger partial charge in [0.05, 0.1) is 25.3 Å². The van der Waals surface area contributed by atoms with Crippen LogP contribution in [0, 0.1) is 11.8 Å². The summed E-state index contributed by atoms with van der Waals surface area (Å²) in [5.74, 6) is -3.52. The SMILES string of the molecule is CCOC(=O)c1ccc(N2C(=O)C(=O)C(C(=O)C(C)C)C2c2ccccc2OC)nc1. The molecule has 0 aliphatic carbocycles. The van der Waals surface area contributed by atoms with Gasteiger partial charge in [0.25, 0.3) is 5.91 Å². The van der Waals surface area contributed by atoms with Gasteiger partial charge in [-0.3, -0.25) is 19.3 Å². The van der Waals surface area contributed by atoms with Gasteiger partial charge in [-0.2, -0.15) is 0 Å². The third-order valence-electron chi connectivity index (χ3n) is 5.14. The van der Waals surface area contributed by atoms with Crippen molar-refractivity contribution in [3.05, 3.63) is 53.7 Å². The van der Waals surface area contributed by atoms with Crippen LogP contribution in [-0.4, -0.2) is 42.1 Å². The van der Waals surface area contributed by atoms with Crippen LogP contribution in [0.1, 0.15) is 42.7 Å². The van der Waals surface area contributed by atoms with Crippen LogP contribution in [0.2, 0.25) is 0 Å². The van der Waals surface area contributed by atoms with Crippen molar-refractivity contribution in [3.8, 4) is 5.75 Å². The molecule has 2 aromatic rings. The van der Waals surface area contributed by atoms with Crippen LogP contribution in [0.25, 0.3) is 0 Å². The number of carbonyl (C=O) groups excluding carboxylic acids is 4. The molecule has 162 valence electrons. The van der Waals surface area contributed by atoms with E-state index in [9.17, 15) is 19.2 Å². The summed E-state index contributed by atoms with van der Waals surface area (Å²) >= 11 is 0. The molecule has 1 aromatic carbocycles. The Hall–Kier alpha value is -3.55. The molecular weight excluding hydrogens is 400 g/mol. The summed E-state index contributed by atoms with van der Waals surface area (Å²) in [7, 11) is 1.48.